The molecule has 176 valence electrons. The number of nitrogens with one attached hydrogen (secondary N) is 3. The van der Waals surface area contributed by atoms with E-state index in [2.05, 4.69) is 25.7 Å². The van der Waals surface area contributed by atoms with Crippen molar-refractivity contribution in [3.63, 3.8) is 0 Å². The van der Waals surface area contributed by atoms with Crippen molar-refractivity contribution in [3.8, 4) is 0 Å². The standard InChI is InChI=1S/C20H23ClN6O5S/c1-12(2)25-33(30,31)14-5-7-18-17(11-14)24-26-27(18)9-8-22-20(29)23-16-10-13(21)4-6-15(16)19(28)32-3/h4-7,10-12,25H,8-9H2,1-3H3,(H2,22,23,29). The highest BCUT2D eigenvalue weighted by Gasteiger charge is 2.18. The van der Waals surface area contributed by atoms with Gasteiger partial charge in [0.15, 0.2) is 0 Å². The van der Waals surface area contributed by atoms with Gasteiger partial charge >= 0.3 is 12.0 Å². The molecular weight excluding hydrogens is 472 g/mol. The molecule has 1 heterocycles. The Morgan fingerprint density at radius 1 is 1.18 bits per heavy atom. The molecule has 0 bridgehead atoms. The Labute approximate surface area is 195 Å². The van der Waals surface area contributed by atoms with Crippen LogP contribution in [0, 0.1) is 0 Å². The molecule has 1 aromatic heterocycles. The third-order valence-electron chi connectivity index (χ3n) is 4.43. The van der Waals surface area contributed by atoms with Crippen molar-refractivity contribution < 1.29 is 22.7 Å². The summed E-state index contributed by atoms with van der Waals surface area (Å²) in [7, 11) is -2.41. The number of nitrogens with zero attached hydrogens (tertiary/aromatic N) is 3. The van der Waals surface area contributed by atoms with Crippen LogP contribution in [0.2, 0.25) is 5.02 Å². The molecule has 33 heavy (non-hydrogen) atoms. The highest BCUT2D eigenvalue weighted by Crippen LogP contribution is 2.22. The third-order valence-corrected chi connectivity index (χ3v) is 6.32. The lowest BCUT2D eigenvalue weighted by Gasteiger charge is -2.11. The molecule has 0 unspecified atom stereocenters. The highest BCUT2D eigenvalue weighted by molar-refractivity contribution is 7.89. The number of esters is 1. The van der Waals surface area contributed by atoms with Crippen LogP contribution in [0.5, 0.6) is 0 Å². The van der Waals surface area contributed by atoms with E-state index in [-0.39, 0.29) is 35.3 Å². The van der Waals surface area contributed by atoms with E-state index in [0.717, 1.165) is 0 Å². The van der Waals surface area contributed by atoms with E-state index in [9.17, 15) is 18.0 Å². The number of halogens is 1. The fourth-order valence-corrected chi connectivity index (χ4v) is 4.46. The maximum atomic E-state index is 12.3. The molecule has 0 fully saturated rings. The average molecular weight is 495 g/mol. The fourth-order valence-electron chi connectivity index (χ4n) is 3.01. The summed E-state index contributed by atoms with van der Waals surface area (Å²) < 4.78 is 33.4. The molecule has 13 heteroatoms. The molecule has 0 radical (unpaired) electrons. The van der Waals surface area contributed by atoms with Crippen LogP contribution in [0.15, 0.2) is 41.3 Å². The van der Waals surface area contributed by atoms with Crippen molar-refractivity contribution in [2.24, 2.45) is 0 Å². The van der Waals surface area contributed by atoms with Gasteiger partial charge in [-0.1, -0.05) is 16.8 Å². The van der Waals surface area contributed by atoms with E-state index in [0.29, 0.717) is 16.1 Å². The first kappa shape index (κ1) is 24.4. The molecule has 11 nitrogen and oxygen atoms in total. The van der Waals surface area contributed by atoms with Gasteiger partial charge in [-0.3, -0.25) is 0 Å². The Morgan fingerprint density at radius 2 is 1.94 bits per heavy atom. The maximum Gasteiger partial charge on any atom is 0.339 e. The zero-order chi connectivity index (χ0) is 24.2. The van der Waals surface area contributed by atoms with Crippen LogP contribution in [-0.4, -0.2) is 55.1 Å². The Bertz CT molecular complexity index is 1290. The molecule has 3 aromatic rings. The van der Waals surface area contributed by atoms with E-state index in [4.69, 9.17) is 16.3 Å². The van der Waals surface area contributed by atoms with Gasteiger partial charge in [0.2, 0.25) is 10.0 Å². The molecule has 0 atom stereocenters. The Balaban J connectivity index is 1.64. The average Bonchev–Trinajstić information content (AvgIpc) is 3.15. The van der Waals surface area contributed by atoms with E-state index >= 15 is 0 Å². The van der Waals surface area contributed by atoms with Crippen molar-refractivity contribution in [1.82, 2.24) is 25.0 Å². The maximum absolute atomic E-state index is 12.3. The van der Waals surface area contributed by atoms with E-state index < -0.39 is 22.0 Å². The SMILES string of the molecule is COC(=O)c1ccc(Cl)cc1NC(=O)NCCn1nnc2cc(S(=O)(=O)NC(C)C)ccc21. The van der Waals surface area contributed by atoms with Crippen molar-refractivity contribution in [3.05, 3.63) is 47.0 Å². The summed E-state index contributed by atoms with van der Waals surface area (Å²) in [6.45, 7) is 3.93. The second kappa shape index (κ2) is 10.1. The molecule has 0 aliphatic heterocycles. The molecular formula is C20H23ClN6O5S. The van der Waals surface area contributed by atoms with Gasteiger partial charge in [0.05, 0.1) is 35.3 Å². The number of hydrogen-bond acceptors (Lipinski definition) is 7. The van der Waals surface area contributed by atoms with Gasteiger partial charge in [-0.25, -0.2) is 27.4 Å². The summed E-state index contributed by atoms with van der Waals surface area (Å²) >= 11 is 5.96. The minimum atomic E-state index is -3.65. The van der Waals surface area contributed by atoms with Gasteiger partial charge in [-0.05, 0) is 50.2 Å². The number of aromatic nitrogens is 3. The summed E-state index contributed by atoms with van der Waals surface area (Å²) in [5, 5.41) is 13.6. The first-order chi connectivity index (χ1) is 15.6. The van der Waals surface area contributed by atoms with Crippen molar-refractivity contribution >= 4 is 50.3 Å². The van der Waals surface area contributed by atoms with Crippen LogP contribution in [0.25, 0.3) is 11.0 Å². The van der Waals surface area contributed by atoms with Crippen LogP contribution in [0.3, 0.4) is 0 Å². The number of anilines is 1. The monoisotopic (exact) mass is 494 g/mol. The van der Waals surface area contributed by atoms with Crippen LogP contribution in [0.1, 0.15) is 24.2 Å². The lowest BCUT2D eigenvalue weighted by atomic mass is 10.2. The van der Waals surface area contributed by atoms with Gasteiger partial charge in [0, 0.05) is 17.6 Å². The number of amides is 2. The predicted octanol–water partition coefficient (Wildman–Crippen LogP) is 2.38. The first-order valence-corrected chi connectivity index (χ1v) is 11.7. The molecule has 0 aliphatic carbocycles. The number of rotatable bonds is 8. The number of sulfonamides is 1. The van der Waals surface area contributed by atoms with Gasteiger partial charge in [0.25, 0.3) is 0 Å². The fraction of sp³-hybridized carbons (Fsp3) is 0.300. The minimum absolute atomic E-state index is 0.0937. The number of ether oxygens (including phenoxy) is 1. The molecule has 0 spiro atoms. The topological polar surface area (TPSA) is 144 Å². The van der Waals surface area contributed by atoms with Crippen molar-refractivity contribution in [1.29, 1.82) is 0 Å². The number of methoxy groups -OCH3 is 1. The summed E-state index contributed by atoms with van der Waals surface area (Å²) in [5.41, 5.74) is 1.40. The van der Waals surface area contributed by atoms with E-state index in [1.807, 2.05) is 0 Å². The minimum Gasteiger partial charge on any atom is -0.465 e. The second-order valence-electron chi connectivity index (χ2n) is 7.30. The van der Waals surface area contributed by atoms with Crippen molar-refractivity contribution in [2.45, 2.75) is 31.3 Å². The summed E-state index contributed by atoms with van der Waals surface area (Å²) in [6, 6.07) is 8.14. The normalized spacial score (nSPS) is 11.5. The third kappa shape index (κ3) is 5.97. The van der Waals surface area contributed by atoms with E-state index in [1.165, 1.54) is 37.4 Å². The molecule has 0 saturated carbocycles. The van der Waals surface area contributed by atoms with Crippen molar-refractivity contribution in [2.75, 3.05) is 19.0 Å². The zero-order valence-electron chi connectivity index (χ0n) is 18.1. The summed E-state index contributed by atoms with van der Waals surface area (Å²) in [6.07, 6.45) is 0. The predicted molar refractivity (Wildman–Crippen MR) is 123 cm³/mol. The number of benzene rings is 2. The second-order valence-corrected chi connectivity index (χ2v) is 9.45. The van der Waals surface area contributed by atoms with E-state index in [1.54, 1.807) is 24.6 Å². The zero-order valence-corrected chi connectivity index (χ0v) is 19.7. The smallest absolute Gasteiger partial charge is 0.339 e. The number of carbonyl (C=O) groups excluding carboxylic acids is 2. The van der Waals surface area contributed by atoms with Gasteiger partial charge in [-0.2, -0.15) is 0 Å². The molecule has 2 amide bonds. The Kier molecular flexibility index (Phi) is 7.51. The van der Waals surface area contributed by atoms with Crippen LogP contribution < -0.4 is 15.4 Å². The largest absolute Gasteiger partial charge is 0.465 e. The number of hydrogen-bond donors (Lipinski definition) is 3. The first-order valence-electron chi connectivity index (χ1n) is 9.89. The summed E-state index contributed by atoms with van der Waals surface area (Å²) in [5.74, 6) is -0.610. The van der Waals surface area contributed by atoms with Crippen LogP contribution in [0.4, 0.5) is 10.5 Å². The highest BCUT2D eigenvalue weighted by atomic mass is 35.5. The lowest BCUT2D eigenvalue weighted by Crippen LogP contribution is -2.32. The number of carbonyl (C=O) groups is 2. The Morgan fingerprint density at radius 3 is 2.64 bits per heavy atom. The number of fused-ring (bicyclic) bond motifs is 1. The number of urea groups is 1. The van der Waals surface area contributed by atoms with Gasteiger partial charge in [0.1, 0.15) is 5.52 Å². The molecule has 0 saturated heterocycles. The quantitative estimate of drug-likeness (QED) is 0.408. The molecule has 3 rings (SSSR count). The molecule has 3 N–H and O–H groups in total. The molecule has 2 aromatic carbocycles. The lowest BCUT2D eigenvalue weighted by molar-refractivity contribution is 0.0602. The molecule has 0 aliphatic rings. The van der Waals surface area contributed by atoms with Crippen LogP contribution >= 0.6 is 11.6 Å². The van der Waals surface area contributed by atoms with Gasteiger partial charge < -0.3 is 15.4 Å². The van der Waals surface area contributed by atoms with Crippen LogP contribution in [-0.2, 0) is 21.3 Å². The van der Waals surface area contributed by atoms with Gasteiger partial charge in [-0.15, -0.1) is 5.10 Å². The Hall–Kier alpha value is -3.22. The summed E-state index contributed by atoms with van der Waals surface area (Å²) in [4.78, 5) is 24.2.